The molecule has 0 unspecified atom stereocenters. The highest BCUT2D eigenvalue weighted by molar-refractivity contribution is 5.99. The molecule has 0 saturated carbocycles. The van der Waals surface area contributed by atoms with Gasteiger partial charge in [0.05, 0.1) is 43.7 Å². The number of hydrogen-bond acceptors (Lipinski definition) is 8. The predicted molar refractivity (Wildman–Crippen MR) is 149 cm³/mol. The molecule has 0 radical (unpaired) electrons. The van der Waals surface area contributed by atoms with Crippen LogP contribution >= 0.6 is 0 Å². The summed E-state index contributed by atoms with van der Waals surface area (Å²) in [6, 6.07) is 8.34. The number of aryl methyl sites for hydroxylation is 2. The summed E-state index contributed by atoms with van der Waals surface area (Å²) in [5.74, 6) is -2.30. The van der Waals surface area contributed by atoms with Crippen molar-refractivity contribution in [1.29, 1.82) is 0 Å². The number of ether oxygens (including phenoxy) is 3. The molecule has 226 valence electrons. The first kappa shape index (κ1) is 28.7. The van der Waals surface area contributed by atoms with Gasteiger partial charge in [0.1, 0.15) is 18.1 Å². The van der Waals surface area contributed by atoms with Crippen molar-refractivity contribution in [3.63, 3.8) is 0 Å². The number of morpholine rings is 1. The van der Waals surface area contributed by atoms with Gasteiger partial charge in [-0.05, 0) is 19.9 Å². The van der Waals surface area contributed by atoms with Gasteiger partial charge in [-0.25, -0.2) is 9.97 Å². The molecule has 0 spiro atoms. The van der Waals surface area contributed by atoms with E-state index >= 15 is 0 Å². The molecule has 0 bridgehead atoms. The zero-order valence-corrected chi connectivity index (χ0v) is 23.5. The summed E-state index contributed by atoms with van der Waals surface area (Å²) in [5.41, 5.74) is 3.65. The largest absolute Gasteiger partial charge is 0.493 e. The number of benzene rings is 2. The third-order valence-corrected chi connectivity index (χ3v) is 7.96. The van der Waals surface area contributed by atoms with Gasteiger partial charge in [0, 0.05) is 53.0 Å². The molecular formula is C30H29F3N4O6. The topological polar surface area (TPSA) is 114 Å². The van der Waals surface area contributed by atoms with Gasteiger partial charge < -0.3 is 24.2 Å². The minimum absolute atomic E-state index is 0.0329. The van der Waals surface area contributed by atoms with E-state index < -0.39 is 30.0 Å². The molecule has 0 aliphatic carbocycles. The summed E-state index contributed by atoms with van der Waals surface area (Å²) in [6.45, 7) is 6.07. The van der Waals surface area contributed by atoms with E-state index in [-0.39, 0.29) is 31.1 Å². The van der Waals surface area contributed by atoms with Crippen LogP contribution in [0.15, 0.2) is 36.4 Å². The monoisotopic (exact) mass is 598 g/mol. The fourth-order valence-corrected chi connectivity index (χ4v) is 6.00. The van der Waals surface area contributed by atoms with E-state index in [9.17, 15) is 27.9 Å². The predicted octanol–water partition coefficient (Wildman–Crippen LogP) is 4.58. The Labute approximate surface area is 245 Å². The second-order valence-electron chi connectivity index (χ2n) is 10.7. The van der Waals surface area contributed by atoms with E-state index in [4.69, 9.17) is 24.2 Å². The number of halogens is 3. The number of aliphatic carboxylic acids is 1. The van der Waals surface area contributed by atoms with Gasteiger partial charge in [0.15, 0.2) is 0 Å². The number of carboxylic acids is 1. The Morgan fingerprint density at radius 2 is 1.74 bits per heavy atom. The van der Waals surface area contributed by atoms with Crippen molar-refractivity contribution in [2.24, 2.45) is 0 Å². The maximum absolute atomic E-state index is 14.0. The Morgan fingerprint density at radius 1 is 1.02 bits per heavy atom. The SMILES string of the molecule is Cc1nc(N2CCOCC2)nc(C)c1-c1cccc2c1OC[C@H]2N(C(=O)C(F)(F)F)c1ccc2c(c1)OC[C@H]2CC(=O)O. The van der Waals surface area contributed by atoms with Crippen LogP contribution in [0.2, 0.25) is 0 Å². The number of hydrogen-bond donors (Lipinski definition) is 1. The molecule has 43 heavy (non-hydrogen) atoms. The van der Waals surface area contributed by atoms with Crippen molar-refractivity contribution in [1.82, 2.24) is 9.97 Å². The van der Waals surface area contributed by atoms with Crippen molar-refractivity contribution in [2.45, 2.75) is 38.4 Å². The lowest BCUT2D eigenvalue weighted by Crippen LogP contribution is -2.44. The van der Waals surface area contributed by atoms with Crippen molar-refractivity contribution < 1.29 is 42.1 Å². The summed E-state index contributed by atoms with van der Waals surface area (Å²) >= 11 is 0. The normalized spacial score (nSPS) is 19.3. The van der Waals surface area contributed by atoms with Crippen LogP contribution in [0.3, 0.4) is 0 Å². The van der Waals surface area contributed by atoms with Crippen LogP contribution in [0.4, 0.5) is 24.8 Å². The standard InChI is InChI=1S/C30H29F3N4O6/c1-16-26(17(2)35-29(34-16)36-8-10-41-11-9-36)22-5-3-4-21-23(15-43-27(21)22)37(28(40)30(31,32)33)19-6-7-20-18(12-25(38)39)14-42-24(20)13-19/h3-7,13,18,23H,8-12,14-15H2,1-2H3,(H,38,39)/t18-,23-/m1/s1. The summed E-state index contributed by atoms with van der Waals surface area (Å²) in [6.07, 6.45) is -5.34. The number of fused-ring (bicyclic) bond motifs is 2. The number of carboxylic acid groups (broad SMARTS) is 1. The number of rotatable bonds is 6. The van der Waals surface area contributed by atoms with Crippen molar-refractivity contribution in [2.75, 3.05) is 49.3 Å². The minimum Gasteiger partial charge on any atom is -0.493 e. The summed E-state index contributed by atoms with van der Waals surface area (Å²) < 4.78 is 59.0. The van der Waals surface area contributed by atoms with Gasteiger partial charge in [0.25, 0.3) is 0 Å². The molecule has 4 heterocycles. The number of nitrogens with zero attached hydrogens (tertiary/aromatic N) is 4. The Kier molecular flexibility index (Phi) is 7.36. The lowest BCUT2D eigenvalue weighted by atomic mass is 9.96. The van der Waals surface area contributed by atoms with Gasteiger partial charge in [-0.15, -0.1) is 0 Å². The first-order valence-corrected chi connectivity index (χ1v) is 13.9. The Hall–Kier alpha value is -4.39. The number of anilines is 2. The van der Waals surface area contributed by atoms with E-state index in [0.717, 1.165) is 0 Å². The number of aromatic nitrogens is 2. The van der Waals surface area contributed by atoms with Crippen molar-refractivity contribution in [3.8, 4) is 22.6 Å². The van der Waals surface area contributed by atoms with Crippen LogP contribution in [-0.4, -0.2) is 72.6 Å². The minimum atomic E-state index is -5.16. The molecule has 1 fully saturated rings. The summed E-state index contributed by atoms with van der Waals surface area (Å²) in [5, 5.41) is 9.19. The smallest absolute Gasteiger partial charge is 0.471 e. The molecule has 3 aliphatic rings. The fourth-order valence-electron chi connectivity index (χ4n) is 6.00. The van der Waals surface area contributed by atoms with Gasteiger partial charge >= 0.3 is 18.1 Å². The Balaban J connectivity index is 1.38. The molecule has 13 heteroatoms. The Morgan fingerprint density at radius 3 is 2.42 bits per heavy atom. The first-order chi connectivity index (χ1) is 20.5. The second kappa shape index (κ2) is 11.0. The second-order valence-corrected chi connectivity index (χ2v) is 10.7. The molecule has 2 aromatic carbocycles. The van der Waals surface area contributed by atoms with E-state index in [1.165, 1.54) is 18.2 Å². The molecule has 1 N–H and O–H groups in total. The third-order valence-electron chi connectivity index (χ3n) is 7.96. The summed E-state index contributed by atoms with van der Waals surface area (Å²) in [7, 11) is 0. The first-order valence-electron chi connectivity index (χ1n) is 13.9. The average Bonchev–Trinajstić information content (AvgIpc) is 3.57. The van der Waals surface area contributed by atoms with Gasteiger partial charge in [0.2, 0.25) is 5.95 Å². The van der Waals surface area contributed by atoms with Crippen LogP contribution < -0.4 is 19.3 Å². The fraction of sp³-hybridized carbons (Fsp3) is 0.400. The van der Waals surface area contributed by atoms with E-state index in [1.54, 1.807) is 18.2 Å². The van der Waals surface area contributed by atoms with Crippen LogP contribution in [0.25, 0.3) is 11.1 Å². The average molecular weight is 599 g/mol. The maximum atomic E-state index is 14.0. The number of amides is 1. The molecule has 2 atom stereocenters. The number of para-hydroxylation sites is 1. The van der Waals surface area contributed by atoms with Crippen molar-refractivity contribution >= 4 is 23.5 Å². The van der Waals surface area contributed by atoms with E-state index in [1.807, 2.05) is 18.7 Å². The quantitative estimate of drug-likeness (QED) is 0.436. The number of alkyl halides is 3. The van der Waals surface area contributed by atoms with Crippen LogP contribution in [-0.2, 0) is 14.3 Å². The van der Waals surface area contributed by atoms with Gasteiger partial charge in [-0.3, -0.25) is 14.5 Å². The molecule has 10 nitrogen and oxygen atoms in total. The van der Waals surface area contributed by atoms with Crippen LogP contribution in [0.1, 0.15) is 40.9 Å². The van der Waals surface area contributed by atoms with Crippen molar-refractivity contribution in [3.05, 3.63) is 58.9 Å². The summed E-state index contributed by atoms with van der Waals surface area (Å²) in [4.78, 5) is 36.3. The highest BCUT2D eigenvalue weighted by Crippen LogP contribution is 2.47. The molecular weight excluding hydrogens is 569 g/mol. The molecule has 3 aliphatic heterocycles. The van der Waals surface area contributed by atoms with E-state index in [0.29, 0.717) is 76.5 Å². The molecule has 3 aromatic rings. The number of carbonyl (C=O) groups excluding carboxylic acids is 1. The van der Waals surface area contributed by atoms with Crippen LogP contribution in [0, 0.1) is 13.8 Å². The molecule has 1 saturated heterocycles. The zero-order valence-electron chi connectivity index (χ0n) is 23.5. The highest BCUT2D eigenvalue weighted by atomic mass is 19.4. The third kappa shape index (κ3) is 5.33. The van der Waals surface area contributed by atoms with Crippen LogP contribution in [0.5, 0.6) is 11.5 Å². The van der Waals surface area contributed by atoms with E-state index in [2.05, 4.69) is 0 Å². The zero-order chi connectivity index (χ0) is 30.5. The molecule has 6 rings (SSSR count). The maximum Gasteiger partial charge on any atom is 0.471 e. The Bertz CT molecular complexity index is 1570. The van der Waals surface area contributed by atoms with Gasteiger partial charge in [-0.1, -0.05) is 24.3 Å². The molecule has 1 aromatic heterocycles. The lowest BCUT2D eigenvalue weighted by Gasteiger charge is -2.29. The lowest BCUT2D eigenvalue weighted by molar-refractivity contribution is -0.171. The van der Waals surface area contributed by atoms with Gasteiger partial charge in [-0.2, -0.15) is 13.2 Å². The highest BCUT2D eigenvalue weighted by Gasteiger charge is 2.48. The molecule has 1 amide bonds. The number of carbonyl (C=O) groups is 2.